The summed E-state index contributed by atoms with van der Waals surface area (Å²) in [5, 5.41) is 1.23. The van der Waals surface area contributed by atoms with Gasteiger partial charge in [0.2, 0.25) is 0 Å². The minimum atomic E-state index is -3.25. The molecule has 4 rings (SSSR count). The number of halogens is 2. The lowest BCUT2D eigenvalue weighted by atomic mass is 10.0. The molecule has 1 aliphatic heterocycles. The van der Waals surface area contributed by atoms with Gasteiger partial charge in [-0.05, 0) is 67.8 Å². The number of nitrogens with zero attached hydrogens (tertiary/aromatic N) is 1. The molecule has 0 amide bonds. The second-order valence-electron chi connectivity index (χ2n) is 7.91. The molecule has 5 nitrogen and oxygen atoms in total. The quantitative estimate of drug-likeness (QED) is 0.758. The second-order valence-corrected chi connectivity index (χ2v) is 10.8. The van der Waals surface area contributed by atoms with Crippen LogP contribution in [-0.4, -0.2) is 44.7 Å². The van der Waals surface area contributed by atoms with Gasteiger partial charge in [-0.15, -0.1) is 0 Å². The molecule has 0 unspecified atom stereocenters. The van der Waals surface area contributed by atoms with Gasteiger partial charge in [0, 0.05) is 34.5 Å². The molecular formula is C21H24Cl2N2O3S. The summed E-state index contributed by atoms with van der Waals surface area (Å²) in [7, 11) is -3.25. The maximum Gasteiger partial charge on any atom is 0.175 e. The number of nitrogens with two attached hydrogens (primary N) is 1. The van der Waals surface area contributed by atoms with E-state index in [-0.39, 0.29) is 23.1 Å². The Labute approximate surface area is 181 Å². The molecule has 0 aromatic heterocycles. The van der Waals surface area contributed by atoms with Crippen LogP contribution in [0.5, 0.6) is 5.75 Å². The third kappa shape index (κ3) is 4.42. The van der Waals surface area contributed by atoms with Gasteiger partial charge in [0.25, 0.3) is 0 Å². The average molecular weight is 455 g/mol. The Morgan fingerprint density at radius 2 is 1.90 bits per heavy atom. The summed E-state index contributed by atoms with van der Waals surface area (Å²) in [6.45, 7) is 1.78. The van der Waals surface area contributed by atoms with E-state index in [2.05, 4.69) is 4.90 Å². The predicted octanol–water partition coefficient (Wildman–Crippen LogP) is 3.86. The van der Waals surface area contributed by atoms with Crippen LogP contribution in [0.15, 0.2) is 41.3 Å². The summed E-state index contributed by atoms with van der Waals surface area (Å²) in [5.41, 5.74) is 8.26. The van der Waals surface area contributed by atoms with E-state index in [0.29, 0.717) is 15.8 Å². The zero-order valence-corrected chi connectivity index (χ0v) is 18.5. The molecule has 2 aliphatic rings. The maximum absolute atomic E-state index is 11.7. The molecule has 2 aromatic carbocycles. The highest BCUT2D eigenvalue weighted by atomic mass is 35.5. The van der Waals surface area contributed by atoms with Crippen LogP contribution in [-0.2, 0) is 16.3 Å². The van der Waals surface area contributed by atoms with Crippen molar-refractivity contribution in [3.05, 3.63) is 57.6 Å². The second kappa shape index (κ2) is 8.08. The Balaban J connectivity index is 1.67. The molecule has 8 heteroatoms. The van der Waals surface area contributed by atoms with E-state index in [9.17, 15) is 8.42 Å². The molecule has 0 radical (unpaired) electrons. The lowest BCUT2D eigenvalue weighted by Crippen LogP contribution is -2.49. The Kier molecular flexibility index (Phi) is 5.84. The summed E-state index contributed by atoms with van der Waals surface area (Å²) >= 11 is 12.8. The van der Waals surface area contributed by atoms with Crippen molar-refractivity contribution in [1.82, 2.24) is 4.90 Å². The molecule has 0 spiro atoms. The van der Waals surface area contributed by atoms with Crippen molar-refractivity contribution in [2.45, 2.75) is 42.3 Å². The molecule has 2 aromatic rings. The highest BCUT2D eigenvalue weighted by molar-refractivity contribution is 7.90. The summed E-state index contributed by atoms with van der Waals surface area (Å²) in [6, 6.07) is 10.5. The summed E-state index contributed by atoms with van der Waals surface area (Å²) in [5.74, 6) is 0.609. The van der Waals surface area contributed by atoms with E-state index in [1.165, 1.54) is 6.26 Å². The van der Waals surface area contributed by atoms with Gasteiger partial charge in [0.1, 0.15) is 11.9 Å². The van der Waals surface area contributed by atoms with E-state index < -0.39 is 9.84 Å². The number of likely N-dealkylation sites (tertiary alicyclic amines) is 1. The van der Waals surface area contributed by atoms with Crippen LogP contribution in [0.2, 0.25) is 10.0 Å². The largest absolute Gasteiger partial charge is 0.484 e. The molecule has 1 heterocycles. The van der Waals surface area contributed by atoms with Crippen LogP contribution in [0.1, 0.15) is 30.1 Å². The number of ether oxygens (including phenoxy) is 1. The summed E-state index contributed by atoms with van der Waals surface area (Å²) < 4.78 is 29.8. The molecule has 2 N–H and O–H groups in total. The first kappa shape index (κ1) is 20.9. The van der Waals surface area contributed by atoms with Crippen molar-refractivity contribution >= 4 is 33.0 Å². The van der Waals surface area contributed by atoms with E-state index in [0.717, 1.165) is 43.5 Å². The van der Waals surface area contributed by atoms with Crippen molar-refractivity contribution < 1.29 is 13.2 Å². The molecule has 0 saturated carbocycles. The van der Waals surface area contributed by atoms with Crippen LogP contribution < -0.4 is 10.5 Å². The minimum Gasteiger partial charge on any atom is -0.484 e. The van der Waals surface area contributed by atoms with Crippen LogP contribution in [0.4, 0.5) is 0 Å². The maximum atomic E-state index is 11.7. The lowest BCUT2D eigenvalue weighted by Gasteiger charge is -2.38. The van der Waals surface area contributed by atoms with E-state index in [1.807, 2.05) is 6.07 Å². The smallest absolute Gasteiger partial charge is 0.175 e. The van der Waals surface area contributed by atoms with Gasteiger partial charge >= 0.3 is 0 Å². The van der Waals surface area contributed by atoms with Crippen molar-refractivity contribution in [2.24, 2.45) is 5.73 Å². The van der Waals surface area contributed by atoms with Crippen LogP contribution in [0, 0.1) is 0 Å². The van der Waals surface area contributed by atoms with Crippen molar-refractivity contribution in [1.29, 1.82) is 0 Å². The van der Waals surface area contributed by atoms with E-state index in [4.69, 9.17) is 33.7 Å². The summed E-state index contributed by atoms with van der Waals surface area (Å²) in [4.78, 5) is 2.65. The minimum absolute atomic E-state index is 0.0990. The van der Waals surface area contributed by atoms with Gasteiger partial charge in [-0.1, -0.05) is 23.2 Å². The first-order valence-corrected chi connectivity index (χ1v) is 12.3. The van der Waals surface area contributed by atoms with Crippen molar-refractivity contribution in [3.8, 4) is 5.75 Å². The Bertz CT molecular complexity index is 1010. The highest BCUT2D eigenvalue weighted by Gasteiger charge is 2.40. The highest BCUT2D eigenvalue weighted by Crippen LogP contribution is 2.43. The molecule has 1 saturated heterocycles. The van der Waals surface area contributed by atoms with E-state index in [1.54, 1.807) is 30.3 Å². The van der Waals surface area contributed by atoms with E-state index >= 15 is 0 Å². The molecule has 0 bridgehead atoms. The fraction of sp³-hybridized carbons (Fsp3) is 0.429. The van der Waals surface area contributed by atoms with Crippen molar-refractivity contribution in [2.75, 3.05) is 19.3 Å². The molecule has 156 valence electrons. The summed E-state index contributed by atoms with van der Waals surface area (Å²) in [6.07, 6.45) is 3.79. The molecule has 1 fully saturated rings. The number of hydrogen-bond acceptors (Lipinski definition) is 5. The van der Waals surface area contributed by atoms with Crippen LogP contribution >= 0.6 is 23.2 Å². The predicted molar refractivity (Wildman–Crippen MR) is 116 cm³/mol. The van der Waals surface area contributed by atoms with Gasteiger partial charge in [-0.25, -0.2) is 8.42 Å². The van der Waals surface area contributed by atoms with Gasteiger partial charge in [0.05, 0.1) is 10.9 Å². The topological polar surface area (TPSA) is 72.6 Å². The number of sulfone groups is 1. The molecular weight excluding hydrogens is 431 g/mol. The molecule has 29 heavy (non-hydrogen) atoms. The van der Waals surface area contributed by atoms with Gasteiger partial charge < -0.3 is 10.5 Å². The lowest BCUT2D eigenvalue weighted by molar-refractivity contribution is 0.0593. The third-order valence-corrected chi connectivity index (χ3v) is 7.42. The first-order valence-electron chi connectivity index (χ1n) is 9.66. The Hall–Kier alpha value is -1.31. The molecule has 1 aliphatic carbocycles. The number of piperidine rings is 1. The standard InChI is InChI=1S/C21H24Cl2N2O3S/c1-29(26,27)16-6-4-15(5-7-16)28-21-18-9-13(22)10-19(23)17(18)11-20(21)25-8-2-3-14(24)12-25/h4-7,9-10,14,20-21H,2-3,8,11-12,24H2,1H3/t14-,20+,21-/m1/s1. The van der Waals surface area contributed by atoms with Crippen LogP contribution in [0.3, 0.4) is 0 Å². The van der Waals surface area contributed by atoms with Gasteiger partial charge in [-0.2, -0.15) is 0 Å². The number of rotatable bonds is 4. The fourth-order valence-electron chi connectivity index (χ4n) is 4.33. The normalized spacial score (nSPS) is 25.0. The number of benzene rings is 2. The number of hydrogen-bond donors (Lipinski definition) is 1. The zero-order chi connectivity index (χ0) is 20.8. The van der Waals surface area contributed by atoms with Crippen molar-refractivity contribution in [3.63, 3.8) is 0 Å². The zero-order valence-electron chi connectivity index (χ0n) is 16.1. The Morgan fingerprint density at radius 1 is 1.17 bits per heavy atom. The van der Waals surface area contributed by atoms with Gasteiger partial charge in [-0.3, -0.25) is 4.90 Å². The monoisotopic (exact) mass is 454 g/mol. The SMILES string of the molecule is CS(=O)(=O)c1ccc(O[C@@H]2c3cc(Cl)cc(Cl)c3C[C@@H]2N2CCC[C@@H](N)C2)cc1. The fourth-order valence-corrected chi connectivity index (χ4v) is 5.55. The van der Waals surface area contributed by atoms with Gasteiger partial charge in [0.15, 0.2) is 9.84 Å². The average Bonchev–Trinajstić information content (AvgIpc) is 3.00. The van der Waals surface area contributed by atoms with Crippen LogP contribution in [0.25, 0.3) is 0 Å². The molecule has 3 atom stereocenters. The first-order chi connectivity index (χ1) is 13.7. The third-order valence-electron chi connectivity index (χ3n) is 5.74. The Morgan fingerprint density at radius 3 is 2.55 bits per heavy atom. The number of fused-ring (bicyclic) bond motifs is 1.